The lowest BCUT2D eigenvalue weighted by Crippen LogP contribution is -2.39. The molecule has 0 saturated carbocycles. The highest BCUT2D eigenvalue weighted by atomic mass is 28.2. The normalized spacial score (nSPS) is 12.0. The van der Waals surface area contributed by atoms with Crippen LogP contribution in [0.5, 0.6) is 0 Å². The zero-order valence-electron chi connectivity index (χ0n) is 13.5. The Balaban J connectivity index is 3.64. The summed E-state index contributed by atoms with van der Waals surface area (Å²) in [6.45, 7) is 13.1. The smallest absolute Gasteiger partial charge is 0.333 e. The van der Waals surface area contributed by atoms with Gasteiger partial charge in [-0.1, -0.05) is 25.5 Å². The predicted molar refractivity (Wildman–Crippen MR) is 84.6 cm³/mol. The van der Waals surface area contributed by atoms with Crippen molar-refractivity contribution in [2.45, 2.75) is 58.4 Å². The van der Waals surface area contributed by atoms with Crippen LogP contribution in [0.4, 0.5) is 0 Å². The van der Waals surface area contributed by atoms with Gasteiger partial charge in [-0.25, -0.2) is 4.79 Å². The molecule has 0 N–H and O–H groups in total. The van der Waals surface area contributed by atoms with E-state index in [2.05, 4.69) is 13.5 Å². The van der Waals surface area contributed by atoms with Gasteiger partial charge in [-0.15, -0.1) is 0 Å². The Bertz CT molecular complexity index is 286. The van der Waals surface area contributed by atoms with Crippen LogP contribution in [0.2, 0.25) is 6.04 Å². The second-order valence-corrected chi connectivity index (χ2v) is 7.57. The SMILES string of the molecule is C=C(C)C(=O)OCCCCC[SiH2]C(C)(OCC)OCC. The Kier molecular flexibility index (Phi) is 10.7. The molecule has 0 radical (unpaired) electrons. The van der Waals surface area contributed by atoms with Crippen LogP contribution in [0.1, 0.15) is 47.0 Å². The summed E-state index contributed by atoms with van der Waals surface area (Å²) in [6.07, 6.45) is 3.13. The van der Waals surface area contributed by atoms with Crippen LogP contribution in [-0.2, 0) is 19.0 Å². The Morgan fingerprint density at radius 1 is 1.15 bits per heavy atom. The van der Waals surface area contributed by atoms with Gasteiger partial charge in [-0.2, -0.15) is 0 Å². The van der Waals surface area contributed by atoms with Gasteiger partial charge in [0, 0.05) is 18.8 Å². The summed E-state index contributed by atoms with van der Waals surface area (Å²) in [5, 5.41) is 0. The monoisotopic (exact) mass is 302 g/mol. The van der Waals surface area contributed by atoms with E-state index in [1.807, 2.05) is 13.8 Å². The third kappa shape index (κ3) is 9.28. The third-order valence-corrected chi connectivity index (χ3v) is 5.18. The highest BCUT2D eigenvalue weighted by Crippen LogP contribution is 2.14. The van der Waals surface area contributed by atoms with Crippen molar-refractivity contribution in [3.8, 4) is 0 Å². The molecule has 0 bridgehead atoms. The number of hydrogen-bond acceptors (Lipinski definition) is 4. The molecule has 4 nitrogen and oxygen atoms in total. The maximum absolute atomic E-state index is 11.2. The molecule has 0 aliphatic rings. The molecule has 0 spiro atoms. The molecule has 0 aromatic rings. The van der Waals surface area contributed by atoms with Gasteiger partial charge in [-0.05, 0) is 34.1 Å². The van der Waals surface area contributed by atoms with E-state index in [4.69, 9.17) is 14.2 Å². The molecule has 0 aromatic carbocycles. The van der Waals surface area contributed by atoms with Gasteiger partial charge in [0.2, 0.25) is 0 Å². The van der Waals surface area contributed by atoms with Crippen LogP contribution in [0.3, 0.4) is 0 Å². The average molecular weight is 302 g/mol. The molecule has 0 aromatic heterocycles. The van der Waals surface area contributed by atoms with Crippen LogP contribution in [0, 0.1) is 0 Å². The highest BCUT2D eigenvalue weighted by molar-refractivity contribution is 6.38. The van der Waals surface area contributed by atoms with Crippen molar-refractivity contribution in [3.05, 3.63) is 12.2 Å². The maximum Gasteiger partial charge on any atom is 0.333 e. The second-order valence-electron chi connectivity index (χ2n) is 5.08. The van der Waals surface area contributed by atoms with Gasteiger partial charge in [0.15, 0.2) is 0 Å². The lowest BCUT2D eigenvalue weighted by Gasteiger charge is -2.29. The van der Waals surface area contributed by atoms with Crippen LogP contribution in [0.15, 0.2) is 12.2 Å². The summed E-state index contributed by atoms with van der Waals surface area (Å²) in [7, 11) is -0.422. The van der Waals surface area contributed by atoms with Crippen molar-refractivity contribution in [1.29, 1.82) is 0 Å². The van der Waals surface area contributed by atoms with Gasteiger partial charge in [-0.3, -0.25) is 0 Å². The van der Waals surface area contributed by atoms with Gasteiger partial charge in [0.1, 0.15) is 5.41 Å². The minimum Gasteiger partial charge on any atom is -0.462 e. The van der Waals surface area contributed by atoms with Crippen LogP contribution in [0.25, 0.3) is 0 Å². The minimum atomic E-state index is -0.422. The van der Waals surface area contributed by atoms with Crippen molar-refractivity contribution in [2.24, 2.45) is 0 Å². The van der Waals surface area contributed by atoms with Crippen molar-refractivity contribution < 1.29 is 19.0 Å². The second kappa shape index (κ2) is 11.1. The van der Waals surface area contributed by atoms with E-state index in [0.29, 0.717) is 25.4 Å². The van der Waals surface area contributed by atoms with E-state index in [-0.39, 0.29) is 11.4 Å². The summed E-state index contributed by atoms with van der Waals surface area (Å²) in [4.78, 5) is 11.2. The van der Waals surface area contributed by atoms with E-state index in [1.54, 1.807) is 6.92 Å². The fraction of sp³-hybridized carbons (Fsp3) is 0.800. The number of hydrogen-bond donors (Lipinski definition) is 0. The molecule has 0 atom stereocenters. The molecule has 0 aliphatic carbocycles. The molecule has 5 heteroatoms. The third-order valence-electron chi connectivity index (χ3n) is 3.01. The maximum atomic E-state index is 11.2. The summed E-state index contributed by atoms with van der Waals surface area (Å²) < 4.78 is 16.5. The van der Waals surface area contributed by atoms with Gasteiger partial charge < -0.3 is 14.2 Å². The number of carbonyl (C=O) groups is 1. The standard InChI is InChI=1S/C15H30O4Si/c1-6-18-15(5,19-7-2)20-12-10-8-9-11-17-14(16)13(3)4/h3,6-12,20H2,1-2,4-5H3. The van der Waals surface area contributed by atoms with Crippen molar-refractivity contribution in [1.82, 2.24) is 0 Å². The number of ether oxygens (including phenoxy) is 3. The summed E-state index contributed by atoms with van der Waals surface area (Å²) in [5.74, 6) is -0.292. The Labute approximate surface area is 125 Å². The first-order valence-corrected chi connectivity index (χ1v) is 9.26. The van der Waals surface area contributed by atoms with Gasteiger partial charge in [0.05, 0.1) is 16.1 Å². The van der Waals surface area contributed by atoms with Gasteiger partial charge >= 0.3 is 5.97 Å². The number of carbonyl (C=O) groups excluding carboxylic acids is 1. The lowest BCUT2D eigenvalue weighted by molar-refractivity contribution is -0.163. The summed E-state index contributed by atoms with van der Waals surface area (Å²) in [5.41, 5.74) is 0.136. The molecular weight excluding hydrogens is 272 g/mol. The highest BCUT2D eigenvalue weighted by Gasteiger charge is 2.24. The van der Waals surface area contributed by atoms with Crippen molar-refractivity contribution >= 4 is 15.5 Å². The minimum absolute atomic E-state index is 0.292. The first-order valence-electron chi connectivity index (χ1n) is 7.55. The average Bonchev–Trinajstić information content (AvgIpc) is 2.37. The van der Waals surface area contributed by atoms with Crippen molar-refractivity contribution in [2.75, 3.05) is 19.8 Å². The molecule has 0 amide bonds. The Morgan fingerprint density at radius 2 is 1.75 bits per heavy atom. The molecular formula is C15H30O4Si. The first-order chi connectivity index (χ1) is 9.45. The molecule has 20 heavy (non-hydrogen) atoms. The lowest BCUT2D eigenvalue weighted by atomic mass is 10.3. The van der Waals surface area contributed by atoms with Crippen LogP contribution < -0.4 is 0 Å². The number of esters is 1. The molecule has 0 unspecified atom stereocenters. The van der Waals surface area contributed by atoms with E-state index in [0.717, 1.165) is 19.3 Å². The van der Waals surface area contributed by atoms with Crippen molar-refractivity contribution in [3.63, 3.8) is 0 Å². The van der Waals surface area contributed by atoms with Crippen LogP contribution in [-0.4, -0.2) is 40.7 Å². The fourth-order valence-corrected chi connectivity index (χ4v) is 3.93. The predicted octanol–water partition coefficient (Wildman–Crippen LogP) is 2.61. The van der Waals surface area contributed by atoms with E-state index < -0.39 is 9.52 Å². The number of rotatable bonds is 12. The summed E-state index contributed by atoms with van der Waals surface area (Å²) in [6, 6.07) is 1.19. The quantitative estimate of drug-likeness (QED) is 0.183. The topological polar surface area (TPSA) is 44.8 Å². The van der Waals surface area contributed by atoms with E-state index in [1.165, 1.54) is 6.04 Å². The largest absolute Gasteiger partial charge is 0.462 e. The molecule has 118 valence electrons. The molecule has 0 rings (SSSR count). The zero-order valence-corrected chi connectivity index (χ0v) is 14.9. The van der Waals surface area contributed by atoms with Crippen LogP contribution >= 0.6 is 0 Å². The Hall–Kier alpha value is -0.653. The molecule has 0 saturated heterocycles. The number of unbranched alkanes of at least 4 members (excludes halogenated alkanes) is 2. The van der Waals surface area contributed by atoms with Gasteiger partial charge in [0.25, 0.3) is 0 Å². The molecule has 0 fully saturated rings. The fourth-order valence-electron chi connectivity index (χ4n) is 1.99. The Morgan fingerprint density at radius 3 is 2.25 bits per heavy atom. The van der Waals surface area contributed by atoms with E-state index in [9.17, 15) is 4.79 Å². The molecule has 0 aliphatic heterocycles. The molecule has 0 heterocycles. The summed E-state index contributed by atoms with van der Waals surface area (Å²) >= 11 is 0. The van der Waals surface area contributed by atoms with E-state index >= 15 is 0 Å². The first kappa shape index (κ1) is 19.3. The zero-order chi connectivity index (χ0) is 15.4.